The van der Waals surface area contributed by atoms with Gasteiger partial charge in [-0.25, -0.2) is 4.79 Å². The molecule has 1 fully saturated rings. The minimum Gasteiger partial charge on any atom is -0.450 e. The number of para-hydroxylation sites is 1. The Morgan fingerprint density at radius 1 is 1.29 bits per heavy atom. The van der Waals surface area contributed by atoms with Crippen molar-refractivity contribution in [1.29, 1.82) is 0 Å². The minimum atomic E-state index is -0.856. The lowest BCUT2D eigenvalue weighted by Gasteiger charge is -2.10. The van der Waals surface area contributed by atoms with Gasteiger partial charge >= 0.3 is 5.97 Å². The second kappa shape index (κ2) is 7.27. The van der Waals surface area contributed by atoms with Crippen molar-refractivity contribution in [1.82, 2.24) is 5.32 Å². The van der Waals surface area contributed by atoms with Gasteiger partial charge in [-0.05, 0) is 25.0 Å². The average molecular weight is 331 g/mol. The molecule has 24 heavy (non-hydrogen) atoms. The summed E-state index contributed by atoms with van der Waals surface area (Å²) in [5.74, 6) is -1.52. The van der Waals surface area contributed by atoms with Gasteiger partial charge in [0.15, 0.2) is 12.0 Å². The van der Waals surface area contributed by atoms with E-state index < -0.39 is 18.5 Å². The van der Waals surface area contributed by atoms with Crippen LogP contribution in [0.4, 0.5) is 0 Å². The second-order valence-electron chi connectivity index (χ2n) is 5.49. The molecule has 2 aromatic rings. The molecule has 126 valence electrons. The lowest BCUT2D eigenvalue weighted by atomic mass is 10.2. The van der Waals surface area contributed by atoms with Crippen molar-refractivity contribution in [3.63, 3.8) is 0 Å². The molecule has 1 amide bonds. The van der Waals surface area contributed by atoms with Gasteiger partial charge in [0.1, 0.15) is 5.58 Å². The smallest absolute Gasteiger partial charge is 0.374 e. The van der Waals surface area contributed by atoms with Crippen molar-refractivity contribution in [2.24, 2.45) is 0 Å². The average Bonchev–Trinajstić information content (AvgIpc) is 3.11. The van der Waals surface area contributed by atoms with E-state index in [2.05, 4.69) is 5.32 Å². The van der Waals surface area contributed by atoms with E-state index in [1.807, 2.05) is 0 Å². The fraction of sp³-hybridized carbons (Fsp3) is 0.353. The number of benzene rings is 1. The molecule has 1 aromatic heterocycles. The normalized spacial score (nSPS) is 16.9. The molecule has 1 N–H and O–H groups in total. The first-order chi connectivity index (χ1) is 11.6. The standard InChI is InChI=1S/C17H17NO6/c19-13-8-15(24-14-6-2-1-5-12(13)14)17(21)23-10-16(20)18-9-11-4-3-7-22-11/h1-2,5-6,8,11H,3-4,7,9-10H2,(H,18,20)/t11-/m1/s1. The highest BCUT2D eigenvalue weighted by Crippen LogP contribution is 2.12. The second-order valence-corrected chi connectivity index (χ2v) is 5.49. The van der Waals surface area contributed by atoms with E-state index in [1.165, 1.54) is 0 Å². The predicted octanol–water partition coefficient (Wildman–Crippen LogP) is 1.24. The monoisotopic (exact) mass is 331 g/mol. The quantitative estimate of drug-likeness (QED) is 0.829. The summed E-state index contributed by atoms with van der Waals surface area (Å²) in [5, 5.41) is 3.02. The number of fused-ring (bicyclic) bond motifs is 1. The van der Waals surface area contributed by atoms with Crippen LogP contribution in [0.25, 0.3) is 11.0 Å². The van der Waals surface area contributed by atoms with Gasteiger partial charge in [0.05, 0.1) is 11.5 Å². The number of hydrogen-bond donors (Lipinski definition) is 1. The van der Waals surface area contributed by atoms with Crippen LogP contribution in [0.2, 0.25) is 0 Å². The van der Waals surface area contributed by atoms with Crippen molar-refractivity contribution in [3.05, 3.63) is 46.3 Å². The summed E-state index contributed by atoms with van der Waals surface area (Å²) in [6.07, 6.45) is 1.90. The molecule has 7 nitrogen and oxygen atoms in total. The van der Waals surface area contributed by atoms with Gasteiger partial charge in [0.2, 0.25) is 5.76 Å². The SMILES string of the molecule is O=C(COC(=O)c1cc(=O)c2ccccc2o1)NC[C@H]1CCCO1. The van der Waals surface area contributed by atoms with Gasteiger partial charge in [-0.2, -0.15) is 0 Å². The van der Waals surface area contributed by atoms with Crippen LogP contribution in [0.1, 0.15) is 23.4 Å². The zero-order valence-corrected chi connectivity index (χ0v) is 12.9. The summed E-state index contributed by atoms with van der Waals surface area (Å²) in [5.41, 5.74) is -0.0496. The van der Waals surface area contributed by atoms with Crippen molar-refractivity contribution in [2.45, 2.75) is 18.9 Å². The van der Waals surface area contributed by atoms with Crippen LogP contribution in [-0.4, -0.2) is 37.7 Å². The van der Waals surface area contributed by atoms with Gasteiger partial charge < -0.3 is 19.2 Å². The molecule has 0 unspecified atom stereocenters. The Bertz CT molecular complexity index is 806. The van der Waals surface area contributed by atoms with Crippen LogP contribution in [-0.2, 0) is 14.3 Å². The number of amides is 1. The van der Waals surface area contributed by atoms with E-state index in [0.717, 1.165) is 18.9 Å². The Morgan fingerprint density at radius 2 is 2.12 bits per heavy atom. The van der Waals surface area contributed by atoms with Crippen LogP contribution in [0, 0.1) is 0 Å². The Kier molecular flexibility index (Phi) is 4.90. The third-order valence-corrected chi connectivity index (χ3v) is 3.72. The Hall–Kier alpha value is -2.67. The Labute approximate surface area is 137 Å². The highest BCUT2D eigenvalue weighted by molar-refractivity contribution is 5.90. The minimum absolute atomic E-state index is 0.0168. The topological polar surface area (TPSA) is 94.8 Å². The number of rotatable bonds is 5. The molecule has 1 atom stereocenters. The molecular weight excluding hydrogens is 314 g/mol. The molecule has 0 bridgehead atoms. The van der Waals surface area contributed by atoms with E-state index in [0.29, 0.717) is 24.1 Å². The molecule has 3 rings (SSSR count). The molecular formula is C17H17NO6. The fourth-order valence-corrected chi connectivity index (χ4v) is 2.49. The highest BCUT2D eigenvalue weighted by atomic mass is 16.5. The van der Waals surface area contributed by atoms with Crippen LogP contribution in [0.5, 0.6) is 0 Å². The number of carbonyl (C=O) groups is 2. The third kappa shape index (κ3) is 3.80. The van der Waals surface area contributed by atoms with Crippen LogP contribution >= 0.6 is 0 Å². The molecule has 7 heteroatoms. The summed E-state index contributed by atoms with van der Waals surface area (Å²) in [6.45, 7) is 0.653. The maximum absolute atomic E-state index is 11.9. The molecule has 0 aliphatic carbocycles. The summed E-state index contributed by atoms with van der Waals surface area (Å²) in [7, 11) is 0. The first-order valence-corrected chi connectivity index (χ1v) is 7.72. The van der Waals surface area contributed by atoms with E-state index in [-0.39, 0.29) is 17.3 Å². The van der Waals surface area contributed by atoms with Crippen molar-refractivity contribution in [2.75, 3.05) is 19.8 Å². The molecule has 0 radical (unpaired) electrons. The summed E-state index contributed by atoms with van der Waals surface area (Å²) in [6, 6.07) is 7.65. The molecule has 0 spiro atoms. The van der Waals surface area contributed by atoms with Crippen molar-refractivity contribution < 1.29 is 23.5 Å². The van der Waals surface area contributed by atoms with Crippen molar-refractivity contribution in [3.8, 4) is 0 Å². The van der Waals surface area contributed by atoms with Crippen molar-refractivity contribution >= 4 is 22.8 Å². The summed E-state index contributed by atoms with van der Waals surface area (Å²) in [4.78, 5) is 35.6. The van der Waals surface area contributed by atoms with E-state index >= 15 is 0 Å². The van der Waals surface area contributed by atoms with Gasteiger partial charge in [-0.1, -0.05) is 12.1 Å². The number of esters is 1. The zero-order chi connectivity index (χ0) is 16.9. The number of ether oxygens (including phenoxy) is 2. The Balaban J connectivity index is 1.56. The highest BCUT2D eigenvalue weighted by Gasteiger charge is 2.18. The first-order valence-electron chi connectivity index (χ1n) is 7.72. The van der Waals surface area contributed by atoms with Gasteiger partial charge in [-0.15, -0.1) is 0 Å². The van der Waals surface area contributed by atoms with Crippen LogP contribution < -0.4 is 10.7 Å². The Morgan fingerprint density at radius 3 is 2.92 bits per heavy atom. The third-order valence-electron chi connectivity index (χ3n) is 3.72. The molecule has 2 heterocycles. The predicted molar refractivity (Wildman–Crippen MR) is 84.8 cm³/mol. The molecule has 1 aliphatic heterocycles. The van der Waals surface area contributed by atoms with Gasteiger partial charge in [0.25, 0.3) is 5.91 Å². The van der Waals surface area contributed by atoms with E-state index in [4.69, 9.17) is 13.9 Å². The van der Waals surface area contributed by atoms with E-state index in [9.17, 15) is 14.4 Å². The summed E-state index contributed by atoms with van der Waals surface area (Å²) >= 11 is 0. The van der Waals surface area contributed by atoms with Gasteiger partial charge in [-0.3, -0.25) is 9.59 Å². The molecule has 1 aliphatic rings. The molecule has 1 aromatic carbocycles. The van der Waals surface area contributed by atoms with Crippen LogP contribution in [0.15, 0.2) is 39.5 Å². The zero-order valence-electron chi connectivity index (χ0n) is 12.9. The molecule has 0 saturated carbocycles. The number of nitrogens with one attached hydrogen (secondary N) is 1. The molecule has 1 saturated heterocycles. The lowest BCUT2D eigenvalue weighted by molar-refractivity contribution is -0.124. The maximum Gasteiger partial charge on any atom is 0.374 e. The lowest BCUT2D eigenvalue weighted by Crippen LogP contribution is -2.34. The fourth-order valence-electron chi connectivity index (χ4n) is 2.49. The van der Waals surface area contributed by atoms with Gasteiger partial charge in [0, 0.05) is 19.2 Å². The largest absolute Gasteiger partial charge is 0.450 e. The van der Waals surface area contributed by atoms with Crippen LogP contribution in [0.3, 0.4) is 0 Å². The number of hydrogen-bond acceptors (Lipinski definition) is 6. The number of carbonyl (C=O) groups excluding carboxylic acids is 2. The maximum atomic E-state index is 11.9. The summed E-state index contributed by atoms with van der Waals surface area (Å²) < 4.78 is 15.6. The van der Waals surface area contributed by atoms with E-state index in [1.54, 1.807) is 24.3 Å². The first kappa shape index (κ1) is 16.2.